The summed E-state index contributed by atoms with van der Waals surface area (Å²) in [4.78, 5) is 23.6. The Kier molecular flexibility index (Phi) is 6.69. The molecule has 0 fully saturated rings. The molecule has 0 saturated carbocycles. The number of hydrogen-bond donors (Lipinski definition) is 0. The fourth-order valence-corrected chi connectivity index (χ4v) is 9.11. The van der Waals surface area contributed by atoms with E-state index in [-0.39, 0.29) is 11.5 Å². The summed E-state index contributed by atoms with van der Waals surface area (Å²) in [6, 6.07) is 31.2. The van der Waals surface area contributed by atoms with Gasteiger partial charge in [-0.2, -0.15) is 5.10 Å². The molecule has 0 unspecified atom stereocenters. The number of non-ortho nitro benzene ring substituents is 1. The van der Waals surface area contributed by atoms with Crippen molar-refractivity contribution in [3.05, 3.63) is 138 Å². The van der Waals surface area contributed by atoms with E-state index < -0.39 is 13.9 Å². The Morgan fingerprint density at radius 1 is 0.846 bits per heavy atom. The Hall–Kier alpha value is -2.92. The number of hydrazone groups is 1. The van der Waals surface area contributed by atoms with Gasteiger partial charge in [0.2, 0.25) is 0 Å². The number of nitro groups is 1. The summed E-state index contributed by atoms with van der Waals surface area (Å²) < 4.78 is 0.487. The molecule has 2 heterocycles. The SMILES string of the molecule is CC(=O)C1=NN(c2ccc([N+](=O)[O-])cc2)[C@@]2(S1)SC(c1ccc(Br)cc1)(c1ccc(Br)cc1)c1ccccc12. The zero-order valence-corrected chi connectivity index (χ0v) is 25.2. The van der Waals surface area contributed by atoms with Gasteiger partial charge in [-0.1, -0.05) is 104 Å². The van der Waals surface area contributed by atoms with Crippen LogP contribution in [0.1, 0.15) is 29.2 Å². The van der Waals surface area contributed by atoms with Crippen molar-refractivity contribution in [1.29, 1.82) is 0 Å². The molecule has 0 saturated heterocycles. The van der Waals surface area contributed by atoms with E-state index in [0.717, 1.165) is 31.2 Å². The highest BCUT2D eigenvalue weighted by Gasteiger charge is 2.61. The van der Waals surface area contributed by atoms with Gasteiger partial charge in [0.25, 0.3) is 5.69 Å². The number of hydrogen-bond acceptors (Lipinski definition) is 7. The number of Topliss-reactive ketones (excluding diaryl/α,β-unsaturated/α-hetero) is 1. The van der Waals surface area contributed by atoms with Crippen LogP contribution in [0.5, 0.6) is 0 Å². The predicted molar refractivity (Wildman–Crippen MR) is 165 cm³/mol. The van der Waals surface area contributed by atoms with Gasteiger partial charge in [-0.25, -0.2) is 5.01 Å². The van der Waals surface area contributed by atoms with Gasteiger partial charge >= 0.3 is 0 Å². The van der Waals surface area contributed by atoms with Crippen LogP contribution in [0.25, 0.3) is 0 Å². The third-order valence-electron chi connectivity index (χ3n) is 6.75. The molecule has 39 heavy (non-hydrogen) atoms. The normalized spacial score (nSPS) is 19.2. The van der Waals surface area contributed by atoms with Crippen LogP contribution in [0.3, 0.4) is 0 Å². The minimum atomic E-state index is -0.839. The van der Waals surface area contributed by atoms with Gasteiger partial charge < -0.3 is 0 Å². The number of carbonyl (C=O) groups is 1. The maximum Gasteiger partial charge on any atom is 0.269 e. The van der Waals surface area contributed by atoms with E-state index in [1.165, 1.54) is 30.8 Å². The second kappa shape index (κ2) is 9.92. The topological polar surface area (TPSA) is 75.8 Å². The largest absolute Gasteiger partial charge is 0.292 e. The number of benzene rings is 4. The lowest BCUT2D eigenvalue weighted by Crippen LogP contribution is -2.34. The number of anilines is 1. The number of rotatable bonds is 5. The summed E-state index contributed by atoms with van der Waals surface area (Å²) in [6.45, 7) is 1.51. The third-order valence-corrected chi connectivity index (χ3v) is 11.2. The van der Waals surface area contributed by atoms with Gasteiger partial charge in [0.1, 0.15) is 0 Å². The van der Waals surface area contributed by atoms with Crippen LogP contribution in [0.4, 0.5) is 11.4 Å². The quantitative estimate of drug-likeness (QED) is 0.156. The highest BCUT2D eigenvalue weighted by molar-refractivity contribution is 9.10. The van der Waals surface area contributed by atoms with Crippen LogP contribution in [0.2, 0.25) is 0 Å². The molecule has 0 aromatic heterocycles. The molecule has 0 N–H and O–H groups in total. The Balaban J connectivity index is 1.62. The first-order valence-electron chi connectivity index (χ1n) is 11.9. The molecule has 10 heteroatoms. The second-order valence-electron chi connectivity index (χ2n) is 9.07. The Bertz CT molecular complexity index is 1600. The van der Waals surface area contributed by atoms with E-state index >= 15 is 0 Å². The second-order valence-corrected chi connectivity index (χ2v) is 13.8. The summed E-state index contributed by atoms with van der Waals surface area (Å²) >= 11 is 10.3. The minimum Gasteiger partial charge on any atom is -0.292 e. The van der Waals surface area contributed by atoms with Gasteiger partial charge in [0.05, 0.1) is 15.4 Å². The summed E-state index contributed by atoms with van der Waals surface area (Å²) in [6.07, 6.45) is 0. The van der Waals surface area contributed by atoms with Crippen molar-refractivity contribution in [1.82, 2.24) is 0 Å². The van der Waals surface area contributed by atoms with Crippen LogP contribution in [0.15, 0.2) is 111 Å². The zero-order valence-electron chi connectivity index (χ0n) is 20.4. The fraction of sp³-hybridized carbons (Fsp3) is 0.103. The first-order chi connectivity index (χ1) is 18.7. The van der Waals surface area contributed by atoms with Crippen LogP contribution in [-0.4, -0.2) is 15.8 Å². The Labute approximate surface area is 250 Å². The highest BCUT2D eigenvalue weighted by atomic mass is 79.9. The molecule has 0 aliphatic carbocycles. The number of thioether (sulfide) groups is 2. The van der Waals surface area contributed by atoms with Gasteiger partial charge in [0, 0.05) is 33.6 Å². The van der Waals surface area contributed by atoms with E-state index in [1.54, 1.807) is 23.9 Å². The molecule has 0 radical (unpaired) electrons. The molecule has 0 bridgehead atoms. The summed E-state index contributed by atoms with van der Waals surface area (Å²) in [5.74, 6) is -0.133. The van der Waals surface area contributed by atoms with Gasteiger partial charge in [-0.05, 0) is 53.1 Å². The molecule has 0 amide bonds. The fourth-order valence-electron chi connectivity index (χ4n) is 5.02. The summed E-state index contributed by atoms with van der Waals surface area (Å²) in [5.41, 5.74) is 4.94. The standard InChI is InChI=1S/C29H19Br2N3O3S2/c1-18(35)27-32-33(23-14-16-24(17-15-23)34(36)37)29(38-27)26-5-3-2-4-25(26)28(39-29,19-6-10-21(30)11-7-19)20-8-12-22(31)13-9-20/h2-17H,1H3/t29-/m0/s1. The van der Waals surface area contributed by atoms with Crippen molar-refractivity contribution in [2.24, 2.45) is 5.10 Å². The van der Waals surface area contributed by atoms with Crippen molar-refractivity contribution in [2.45, 2.75) is 15.9 Å². The summed E-state index contributed by atoms with van der Waals surface area (Å²) in [5, 5.41) is 18.4. The molecule has 2 aliphatic heterocycles. The Morgan fingerprint density at radius 3 is 1.90 bits per heavy atom. The molecular weight excluding hydrogens is 662 g/mol. The van der Waals surface area contributed by atoms with Crippen LogP contribution in [-0.2, 0) is 13.7 Å². The molecular formula is C29H19Br2N3O3S2. The molecule has 4 aromatic carbocycles. The molecule has 4 aromatic rings. The van der Waals surface area contributed by atoms with E-state index in [4.69, 9.17) is 5.10 Å². The number of ketones is 1. The lowest BCUT2D eigenvalue weighted by Gasteiger charge is -2.37. The minimum absolute atomic E-state index is 0.00559. The van der Waals surface area contributed by atoms with Gasteiger partial charge in [0.15, 0.2) is 15.0 Å². The molecule has 194 valence electrons. The lowest BCUT2D eigenvalue weighted by molar-refractivity contribution is -0.384. The van der Waals surface area contributed by atoms with E-state index in [0.29, 0.717) is 10.7 Å². The number of halogens is 2. The molecule has 6 rings (SSSR count). The monoisotopic (exact) mass is 679 g/mol. The summed E-state index contributed by atoms with van der Waals surface area (Å²) in [7, 11) is 0. The first-order valence-corrected chi connectivity index (χ1v) is 15.1. The third kappa shape index (κ3) is 4.25. The maximum atomic E-state index is 12.7. The van der Waals surface area contributed by atoms with Gasteiger partial charge in [-0.15, -0.1) is 0 Å². The van der Waals surface area contributed by atoms with Crippen molar-refractivity contribution in [3.8, 4) is 0 Å². The molecule has 6 nitrogen and oxygen atoms in total. The van der Waals surface area contributed by atoms with Gasteiger partial charge in [-0.3, -0.25) is 14.9 Å². The number of nitro benzene ring substituents is 1. The Morgan fingerprint density at radius 2 is 1.38 bits per heavy atom. The van der Waals surface area contributed by atoms with Crippen molar-refractivity contribution in [3.63, 3.8) is 0 Å². The van der Waals surface area contributed by atoms with E-state index in [9.17, 15) is 14.9 Å². The lowest BCUT2D eigenvalue weighted by atomic mass is 9.82. The zero-order chi connectivity index (χ0) is 27.4. The van der Waals surface area contributed by atoms with E-state index in [1.807, 2.05) is 41.4 Å². The molecule has 1 atom stereocenters. The molecule has 2 aliphatic rings. The van der Waals surface area contributed by atoms with Crippen molar-refractivity contribution in [2.75, 3.05) is 5.01 Å². The number of nitrogens with zero attached hydrogens (tertiary/aromatic N) is 3. The average Bonchev–Trinajstić information content (AvgIpc) is 3.47. The predicted octanol–water partition coefficient (Wildman–Crippen LogP) is 8.42. The average molecular weight is 681 g/mol. The van der Waals surface area contributed by atoms with Crippen molar-refractivity contribution >= 4 is 77.6 Å². The van der Waals surface area contributed by atoms with Crippen LogP contribution in [0, 0.1) is 10.1 Å². The van der Waals surface area contributed by atoms with E-state index in [2.05, 4.69) is 68.3 Å². The van der Waals surface area contributed by atoms with Crippen LogP contribution < -0.4 is 5.01 Å². The first kappa shape index (κ1) is 26.3. The van der Waals surface area contributed by atoms with Crippen molar-refractivity contribution < 1.29 is 9.72 Å². The number of carbonyl (C=O) groups excluding carboxylic acids is 1. The number of fused-ring (bicyclic) bond motifs is 2. The maximum absolute atomic E-state index is 12.7. The molecule has 1 spiro atoms. The smallest absolute Gasteiger partial charge is 0.269 e. The highest BCUT2D eigenvalue weighted by Crippen LogP contribution is 2.71. The van der Waals surface area contributed by atoms with Crippen LogP contribution >= 0.6 is 55.4 Å².